The van der Waals surface area contributed by atoms with Crippen LogP contribution in [0.5, 0.6) is 5.75 Å². The number of rotatable bonds is 5. The zero-order chi connectivity index (χ0) is 22.3. The van der Waals surface area contributed by atoms with E-state index in [1.54, 1.807) is 48.7 Å². The van der Waals surface area contributed by atoms with Gasteiger partial charge in [-0.25, -0.2) is 12.4 Å². The molecular weight excluding hydrogens is 440 g/mol. The summed E-state index contributed by atoms with van der Waals surface area (Å²) in [6.07, 6.45) is 3.90. The lowest BCUT2D eigenvalue weighted by atomic mass is 9.99. The molecule has 0 aliphatic heterocycles. The van der Waals surface area contributed by atoms with Crippen molar-refractivity contribution in [2.45, 2.75) is 6.42 Å². The molecule has 9 heteroatoms. The van der Waals surface area contributed by atoms with Gasteiger partial charge in [0, 0.05) is 27.7 Å². The number of carboxylic acid groups (broad SMARTS) is 1. The first-order valence-electron chi connectivity index (χ1n) is 9.14. The number of aliphatic carboxylic acids is 1. The molecule has 2 aromatic carbocycles. The van der Waals surface area contributed by atoms with Gasteiger partial charge >= 0.3 is 5.97 Å². The second-order valence-electron chi connectivity index (χ2n) is 7.13. The third-order valence-electron chi connectivity index (χ3n) is 4.85. The largest absolute Gasteiger partial charge is 0.508 e. The van der Waals surface area contributed by atoms with E-state index in [1.807, 2.05) is 0 Å². The van der Waals surface area contributed by atoms with E-state index in [9.17, 15) is 18.3 Å². The molecular formula is C22H17ClN2O5S. The Morgan fingerprint density at radius 2 is 1.81 bits per heavy atom. The van der Waals surface area contributed by atoms with Crippen LogP contribution in [0.3, 0.4) is 0 Å². The molecule has 0 bridgehead atoms. The van der Waals surface area contributed by atoms with Gasteiger partial charge in [0.15, 0.2) is 0 Å². The third kappa shape index (κ3) is 4.12. The van der Waals surface area contributed by atoms with E-state index in [0.29, 0.717) is 43.9 Å². The number of aromatic hydroxyl groups is 1. The summed E-state index contributed by atoms with van der Waals surface area (Å²) in [7, 11) is -3.64. The zero-order valence-electron chi connectivity index (χ0n) is 16.3. The average Bonchev–Trinajstić information content (AvgIpc) is 3.09. The van der Waals surface area contributed by atoms with Crippen LogP contribution in [0.15, 0.2) is 60.9 Å². The summed E-state index contributed by atoms with van der Waals surface area (Å²) in [5.41, 5.74) is 3.00. The quantitative estimate of drug-likeness (QED) is 0.466. The fraction of sp³-hybridized carbons (Fsp3) is 0.0909. The van der Waals surface area contributed by atoms with Crippen LogP contribution >= 0.6 is 11.6 Å². The molecule has 2 heterocycles. The van der Waals surface area contributed by atoms with Crippen molar-refractivity contribution in [1.29, 1.82) is 0 Å². The molecule has 0 fully saturated rings. The Kier molecular flexibility index (Phi) is 5.20. The molecule has 0 amide bonds. The number of carboxylic acids is 1. The van der Waals surface area contributed by atoms with Gasteiger partial charge in [-0.15, -0.1) is 0 Å². The van der Waals surface area contributed by atoms with E-state index in [2.05, 4.69) is 4.98 Å². The Labute approximate surface area is 183 Å². The summed E-state index contributed by atoms with van der Waals surface area (Å²) in [5, 5.41) is 20.3. The van der Waals surface area contributed by atoms with E-state index >= 15 is 0 Å². The normalized spacial score (nSPS) is 11.7. The predicted octanol–water partition coefficient (Wildman–Crippen LogP) is 4.16. The highest BCUT2D eigenvalue weighted by atomic mass is 35.5. The van der Waals surface area contributed by atoms with Crippen LogP contribution in [0.4, 0.5) is 0 Å². The van der Waals surface area contributed by atoms with Gasteiger partial charge in [0.05, 0.1) is 30.1 Å². The van der Waals surface area contributed by atoms with Gasteiger partial charge in [0.25, 0.3) is 0 Å². The van der Waals surface area contributed by atoms with Gasteiger partial charge in [0.2, 0.25) is 10.0 Å². The summed E-state index contributed by atoms with van der Waals surface area (Å²) >= 11 is 6.34. The van der Waals surface area contributed by atoms with E-state index in [1.165, 1.54) is 16.2 Å². The summed E-state index contributed by atoms with van der Waals surface area (Å²) < 4.78 is 26.3. The molecule has 0 aliphatic carbocycles. The van der Waals surface area contributed by atoms with Crippen molar-refractivity contribution < 1.29 is 23.4 Å². The van der Waals surface area contributed by atoms with Crippen molar-refractivity contribution in [3.8, 4) is 28.1 Å². The zero-order valence-corrected chi connectivity index (χ0v) is 17.9. The maximum atomic E-state index is 12.5. The standard InChI is InChI=1S/C22H17ClN2O5S/c1-31(29,30)25-19(9-14-4-5-24-12-20(14)25)17-6-16(7-18(23)8-17)13-2-3-15(11-22(27)28)21(26)10-13/h2-10,12,26H,11H2,1H3,(H,27,28). The molecule has 2 aromatic heterocycles. The van der Waals surface area contributed by atoms with Crippen molar-refractivity contribution in [2.24, 2.45) is 0 Å². The Bertz CT molecular complexity index is 1440. The number of fused-ring (bicyclic) bond motifs is 1. The maximum Gasteiger partial charge on any atom is 0.307 e. The van der Waals surface area contributed by atoms with Crippen LogP contribution in [0.1, 0.15) is 5.56 Å². The van der Waals surface area contributed by atoms with Crippen molar-refractivity contribution in [3.63, 3.8) is 0 Å². The Hall–Kier alpha value is -3.36. The van der Waals surface area contributed by atoms with Gasteiger partial charge in [-0.05, 0) is 47.5 Å². The highest BCUT2D eigenvalue weighted by molar-refractivity contribution is 7.89. The molecule has 0 radical (unpaired) electrons. The lowest BCUT2D eigenvalue weighted by molar-refractivity contribution is -0.136. The number of aromatic nitrogens is 2. The van der Waals surface area contributed by atoms with Crippen LogP contribution in [-0.2, 0) is 21.2 Å². The van der Waals surface area contributed by atoms with E-state index in [0.717, 1.165) is 6.26 Å². The van der Waals surface area contributed by atoms with Gasteiger partial charge in [0.1, 0.15) is 5.75 Å². The summed E-state index contributed by atoms with van der Waals surface area (Å²) in [6.45, 7) is 0. The molecule has 0 aliphatic rings. The number of hydrogen-bond acceptors (Lipinski definition) is 5. The van der Waals surface area contributed by atoms with Crippen molar-refractivity contribution in [1.82, 2.24) is 8.96 Å². The van der Waals surface area contributed by atoms with Gasteiger partial charge in [-0.2, -0.15) is 0 Å². The van der Waals surface area contributed by atoms with Crippen LogP contribution in [0.2, 0.25) is 5.02 Å². The van der Waals surface area contributed by atoms with E-state index < -0.39 is 16.0 Å². The summed E-state index contributed by atoms with van der Waals surface area (Å²) in [5.74, 6) is -1.19. The first-order chi connectivity index (χ1) is 14.6. The smallest absolute Gasteiger partial charge is 0.307 e. The second-order valence-corrected chi connectivity index (χ2v) is 9.40. The number of phenolic OH excluding ortho intramolecular Hbond substituents is 1. The Balaban J connectivity index is 1.89. The van der Waals surface area contributed by atoms with Crippen LogP contribution < -0.4 is 0 Å². The summed E-state index contributed by atoms with van der Waals surface area (Å²) in [6, 6.07) is 13.3. The lowest BCUT2D eigenvalue weighted by Gasteiger charge is -2.12. The minimum atomic E-state index is -3.64. The number of carbonyl (C=O) groups is 1. The minimum absolute atomic E-state index is 0.141. The highest BCUT2D eigenvalue weighted by Crippen LogP contribution is 2.35. The van der Waals surface area contributed by atoms with Crippen molar-refractivity contribution >= 4 is 38.5 Å². The van der Waals surface area contributed by atoms with Gasteiger partial charge in [-0.1, -0.05) is 23.7 Å². The molecule has 4 rings (SSSR count). The Morgan fingerprint density at radius 3 is 2.48 bits per heavy atom. The minimum Gasteiger partial charge on any atom is -0.508 e. The fourth-order valence-electron chi connectivity index (χ4n) is 3.54. The third-order valence-corrected chi connectivity index (χ3v) is 6.12. The first kappa shape index (κ1) is 20.9. The summed E-state index contributed by atoms with van der Waals surface area (Å²) in [4.78, 5) is 15.0. The molecule has 4 aromatic rings. The highest BCUT2D eigenvalue weighted by Gasteiger charge is 2.19. The molecule has 0 atom stereocenters. The maximum absolute atomic E-state index is 12.5. The topological polar surface area (TPSA) is 109 Å². The molecule has 2 N–H and O–H groups in total. The van der Waals surface area contributed by atoms with Crippen LogP contribution in [0.25, 0.3) is 33.3 Å². The van der Waals surface area contributed by atoms with E-state index in [-0.39, 0.29) is 12.2 Å². The van der Waals surface area contributed by atoms with Gasteiger partial charge < -0.3 is 10.2 Å². The second kappa shape index (κ2) is 7.72. The molecule has 31 heavy (non-hydrogen) atoms. The van der Waals surface area contributed by atoms with Crippen LogP contribution in [-0.4, -0.2) is 39.8 Å². The molecule has 0 spiro atoms. The number of hydrogen-bond donors (Lipinski definition) is 2. The number of nitrogens with zero attached hydrogens (tertiary/aromatic N) is 2. The number of benzene rings is 2. The molecule has 7 nitrogen and oxygen atoms in total. The first-order valence-corrected chi connectivity index (χ1v) is 11.4. The predicted molar refractivity (Wildman–Crippen MR) is 119 cm³/mol. The molecule has 0 saturated carbocycles. The van der Waals surface area contributed by atoms with Crippen LogP contribution in [0, 0.1) is 0 Å². The van der Waals surface area contributed by atoms with E-state index in [4.69, 9.17) is 16.7 Å². The SMILES string of the molecule is CS(=O)(=O)n1c(-c2cc(Cl)cc(-c3ccc(CC(=O)O)c(O)c3)c2)cc2ccncc21. The fourth-order valence-corrected chi connectivity index (χ4v) is 4.80. The number of phenols is 1. The van der Waals surface area contributed by atoms with Crippen molar-refractivity contribution in [3.05, 3.63) is 71.5 Å². The van der Waals surface area contributed by atoms with Crippen molar-refractivity contribution in [2.75, 3.05) is 6.26 Å². The number of halogens is 1. The average molecular weight is 457 g/mol. The Morgan fingerprint density at radius 1 is 1.06 bits per heavy atom. The molecule has 0 saturated heterocycles. The monoisotopic (exact) mass is 456 g/mol. The number of pyridine rings is 1. The molecule has 158 valence electrons. The molecule has 0 unspecified atom stereocenters. The lowest BCUT2D eigenvalue weighted by Crippen LogP contribution is -2.11. The van der Waals surface area contributed by atoms with Gasteiger partial charge in [-0.3, -0.25) is 9.78 Å².